The van der Waals surface area contributed by atoms with Crippen molar-refractivity contribution in [3.8, 4) is 0 Å². The molecule has 2 heteroatoms. The SMILES string of the molecule is C1=CCC(NCC2CCOCC2)C1. The fraction of sp³-hybridized carbons (Fsp3) is 0.818. The molecule has 0 unspecified atom stereocenters. The van der Waals surface area contributed by atoms with Crippen LogP contribution >= 0.6 is 0 Å². The Kier molecular flexibility index (Phi) is 3.39. The van der Waals surface area contributed by atoms with E-state index < -0.39 is 0 Å². The largest absolute Gasteiger partial charge is 0.381 e. The summed E-state index contributed by atoms with van der Waals surface area (Å²) >= 11 is 0. The van der Waals surface area contributed by atoms with Crippen molar-refractivity contribution in [3.63, 3.8) is 0 Å². The molecule has 1 fully saturated rings. The maximum atomic E-state index is 5.33. The minimum Gasteiger partial charge on any atom is -0.381 e. The predicted molar refractivity (Wildman–Crippen MR) is 53.7 cm³/mol. The van der Waals surface area contributed by atoms with Crippen molar-refractivity contribution >= 4 is 0 Å². The van der Waals surface area contributed by atoms with Crippen molar-refractivity contribution in [2.75, 3.05) is 19.8 Å². The summed E-state index contributed by atoms with van der Waals surface area (Å²) in [6.45, 7) is 3.13. The molecule has 0 aromatic carbocycles. The zero-order valence-corrected chi connectivity index (χ0v) is 8.17. The third kappa shape index (κ3) is 2.82. The summed E-state index contributed by atoms with van der Waals surface area (Å²) in [5, 5.41) is 3.63. The van der Waals surface area contributed by atoms with Gasteiger partial charge in [-0.3, -0.25) is 0 Å². The molecule has 1 saturated heterocycles. The van der Waals surface area contributed by atoms with Crippen LogP contribution in [-0.2, 0) is 4.74 Å². The van der Waals surface area contributed by atoms with Crippen LogP contribution in [0.4, 0.5) is 0 Å². The Labute approximate surface area is 80.4 Å². The Morgan fingerprint density at radius 1 is 1.15 bits per heavy atom. The van der Waals surface area contributed by atoms with Crippen LogP contribution in [0.3, 0.4) is 0 Å². The van der Waals surface area contributed by atoms with E-state index in [-0.39, 0.29) is 0 Å². The van der Waals surface area contributed by atoms with E-state index >= 15 is 0 Å². The molecule has 0 aromatic rings. The molecule has 0 radical (unpaired) electrons. The number of nitrogens with one attached hydrogen (secondary N) is 1. The van der Waals surface area contributed by atoms with Crippen molar-refractivity contribution in [1.82, 2.24) is 5.32 Å². The van der Waals surface area contributed by atoms with Crippen LogP contribution in [0.1, 0.15) is 25.7 Å². The first-order chi connectivity index (χ1) is 6.45. The summed E-state index contributed by atoms with van der Waals surface area (Å²) in [4.78, 5) is 0. The minimum atomic E-state index is 0.725. The molecule has 2 aliphatic rings. The third-order valence-electron chi connectivity index (χ3n) is 3.04. The molecule has 74 valence electrons. The van der Waals surface area contributed by atoms with E-state index in [9.17, 15) is 0 Å². The first kappa shape index (κ1) is 9.22. The molecule has 2 nitrogen and oxygen atoms in total. The first-order valence-corrected chi connectivity index (χ1v) is 5.41. The molecule has 0 atom stereocenters. The highest BCUT2D eigenvalue weighted by atomic mass is 16.5. The number of hydrogen-bond acceptors (Lipinski definition) is 2. The molecule has 1 aliphatic heterocycles. The lowest BCUT2D eigenvalue weighted by Gasteiger charge is -2.24. The van der Waals surface area contributed by atoms with E-state index in [1.165, 1.54) is 32.2 Å². The molecule has 2 rings (SSSR count). The van der Waals surface area contributed by atoms with Crippen LogP contribution in [0.5, 0.6) is 0 Å². The van der Waals surface area contributed by atoms with Crippen LogP contribution in [0.25, 0.3) is 0 Å². The average Bonchev–Trinajstić information content (AvgIpc) is 2.69. The molecule has 13 heavy (non-hydrogen) atoms. The second-order valence-corrected chi connectivity index (χ2v) is 4.10. The van der Waals surface area contributed by atoms with E-state index in [0.29, 0.717) is 0 Å². The van der Waals surface area contributed by atoms with Gasteiger partial charge < -0.3 is 10.1 Å². The lowest BCUT2D eigenvalue weighted by molar-refractivity contribution is 0.0655. The summed E-state index contributed by atoms with van der Waals surface area (Å²) in [6.07, 6.45) is 9.50. The lowest BCUT2D eigenvalue weighted by atomic mass is 10.00. The van der Waals surface area contributed by atoms with Gasteiger partial charge in [-0.1, -0.05) is 12.2 Å². The highest BCUT2D eigenvalue weighted by Crippen LogP contribution is 2.15. The van der Waals surface area contributed by atoms with Gasteiger partial charge in [0.25, 0.3) is 0 Å². The van der Waals surface area contributed by atoms with Gasteiger partial charge in [0.05, 0.1) is 0 Å². The van der Waals surface area contributed by atoms with Crippen molar-refractivity contribution in [2.24, 2.45) is 5.92 Å². The molecule has 0 saturated carbocycles. The molecule has 1 aliphatic carbocycles. The Hall–Kier alpha value is -0.340. The third-order valence-corrected chi connectivity index (χ3v) is 3.04. The van der Waals surface area contributed by atoms with E-state index in [2.05, 4.69) is 17.5 Å². The summed E-state index contributed by atoms with van der Waals surface area (Å²) in [5.41, 5.74) is 0. The van der Waals surface area contributed by atoms with E-state index in [4.69, 9.17) is 4.74 Å². The van der Waals surface area contributed by atoms with Crippen molar-refractivity contribution in [1.29, 1.82) is 0 Å². The normalized spacial score (nSPS) is 25.5. The fourth-order valence-electron chi connectivity index (χ4n) is 2.07. The minimum absolute atomic E-state index is 0.725. The summed E-state index contributed by atoms with van der Waals surface area (Å²) in [5.74, 6) is 0.856. The van der Waals surface area contributed by atoms with E-state index in [0.717, 1.165) is 25.2 Å². The highest BCUT2D eigenvalue weighted by molar-refractivity contribution is 4.97. The van der Waals surface area contributed by atoms with Gasteiger partial charge in [-0.05, 0) is 38.1 Å². The topological polar surface area (TPSA) is 21.3 Å². The summed E-state index contributed by atoms with van der Waals surface area (Å²) < 4.78 is 5.33. The summed E-state index contributed by atoms with van der Waals surface area (Å²) in [6, 6.07) is 0.725. The van der Waals surface area contributed by atoms with E-state index in [1.807, 2.05) is 0 Å². The Morgan fingerprint density at radius 3 is 2.54 bits per heavy atom. The van der Waals surface area contributed by atoms with Gasteiger partial charge in [0.1, 0.15) is 0 Å². The summed E-state index contributed by atoms with van der Waals surface area (Å²) in [7, 11) is 0. The molecule has 0 spiro atoms. The van der Waals surface area contributed by atoms with Crippen LogP contribution < -0.4 is 5.32 Å². The monoisotopic (exact) mass is 181 g/mol. The molecule has 0 amide bonds. The van der Waals surface area contributed by atoms with Gasteiger partial charge in [-0.2, -0.15) is 0 Å². The Balaban J connectivity index is 1.61. The maximum Gasteiger partial charge on any atom is 0.0469 e. The predicted octanol–water partition coefficient (Wildman–Crippen LogP) is 1.72. The quantitative estimate of drug-likeness (QED) is 0.669. The van der Waals surface area contributed by atoms with Gasteiger partial charge >= 0.3 is 0 Å². The van der Waals surface area contributed by atoms with Gasteiger partial charge in [0.15, 0.2) is 0 Å². The number of hydrogen-bond donors (Lipinski definition) is 1. The zero-order chi connectivity index (χ0) is 8.93. The number of rotatable bonds is 3. The molecule has 0 aromatic heterocycles. The molecular formula is C11H19NO. The van der Waals surface area contributed by atoms with Gasteiger partial charge in [-0.15, -0.1) is 0 Å². The molecule has 0 bridgehead atoms. The van der Waals surface area contributed by atoms with Gasteiger partial charge in [0.2, 0.25) is 0 Å². The second kappa shape index (κ2) is 4.77. The number of ether oxygens (including phenoxy) is 1. The van der Waals surface area contributed by atoms with Crippen LogP contribution in [0.2, 0.25) is 0 Å². The lowest BCUT2D eigenvalue weighted by Crippen LogP contribution is -2.33. The average molecular weight is 181 g/mol. The second-order valence-electron chi connectivity index (χ2n) is 4.10. The van der Waals surface area contributed by atoms with Gasteiger partial charge in [0, 0.05) is 19.3 Å². The van der Waals surface area contributed by atoms with E-state index in [1.54, 1.807) is 0 Å². The van der Waals surface area contributed by atoms with Crippen molar-refractivity contribution < 1.29 is 4.74 Å². The highest BCUT2D eigenvalue weighted by Gasteiger charge is 2.16. The van der Waals surface area contributed by atoms with Crippen LogP contribution in [0.15, 0.2) is 12.2 Å². The zero-order valence-electron chi connectivity index (χ0n) is 8.17. The fourth-order valence-corrected chi connectivity index (χ4v) is 2.07. The smallest absolute Gasteiger partial charge is 0.0469 e. The van der Waals surface area contributed by atoms with Crippen molar-refractivity contribution in [3.05, 3.63) is 12.2 Å². The Bertz CT molecular complexity index is 165. The van der Waals surface area contributed by atoms with Crippen LogP contribution in [0, 0.1) is 5.92 Å². The molecule has 1 N–H and O–H groups in total. The van der Waals surface area contributed by atoms with Crippen molar-refractivity contribution in [2.45, 2.75) is 31.7 Å². The Morgan fingerprint density at radius 2 is 1.85 bits per heavy atom. The molecule has 1 heterocycles. The molecular weight excluding hydrogens is 162 g/mol. The first-order valence-electron chi connectivity index (χ1n) is 5.41. The maximum absolute atomic E-state index is 5.33. The van der Waals surface area contributed by atoms with Crippen LogP contribution in [-0.4, -0.2) is 25.8 Å². The van der Waals surface area contributed by atoms with Gasteiger partial charge in [-0.25, -0.2) is 0 Å². The standard InChI is InChI=1S/C11H19NO/c1-2-4-11(3-1)12-9-10-5-7-13-8-6-10/h1-2,10-12H,3-9H2.